The lowest BCUT2D eigenvalue weighted by Gasteiger charge is -2.16. The van der Waals surface area contributed by atoms with E-state index in [1.165, 1.54) is 5.56 Å². The van der Waals surface area contributed by atoms with E-state index in [1.807, 2.05) is 30.3 Å². The number of halogens is 1. The molecule has 0 saturated heterocycles. The topological polar surface area (TPSA) is 60.2 Å². The second kappa shape index (κ2) is 7.38. The second-order valence-corrected chi connectivity index (χ2v) is 5.42. The highest BCUT2D eigenvalue weighted by Crippen LogP contribution is 2.26. The van der Waals surface area contributed by atoms with Crippen molar-refractivity contribution in [3.05, 3.63) is 58.3 Å². The van der Waals surface area contributed by atoms with E-state index in [0.717, 1.165) is 28.8 Å². The Labute approximate surface area is 127 Å². The average molecular weight is 336 g/mol. The molecule has 0 aliphatic rings. The molecule has 20 heavy (non-hydrogen) atoms. The van der Waals surface area contributed by atoms with Gasteiger partial charge in [0.05, 0.1) is 11.6 Å². The summed E-state index contributed by atoms with van der Waals surface area (Å²) in [4.78, 5) is 4.33. The number of benzene rings is 1. The first-order chi connectivity index (χ1) is 9.72. The maximum absolute atomic E-state index is 5.65. The number of methoxy groups -OCH3 is 1. The highest BCUT2D eigenvalue weighted by atomic mass is 79.9. The maximum atomic E-state index is 5.65. The van der Waals surface area contributed by atoms with Gasteiger partial charge in [-0.2, -0.15) is 0 Å². The fourth-order valence-electron chi connectivity index (χ4n) is 2.08. The Kier molecular flexibility index (Phi) is 5.52. The molecule has 2 rings (SSSR count). The number of ether oxygens (including phenoxy) is 1. The molecule has 0 radical (unpaired) electrons. The van der Waals surface area contributed by atoms with Crippen molar-refractivity contribution in [3.63, 3.8) is 0 Å². The molecule has 106 valence electrons. The van der Waals surface area contributed by atoms with E-state index >= 15 is 0 Å². The van der Waals surface area contributed by atoms with Crippen molar-refractivity contribution in [2.24, 2.45) is 5.84 Å². The second-order valence-electron chi connectivity index (χ2n) is 4.56. The first-order valence-corrected chi connectivity index (χ1v) is 7.20. The SMILES string of the molecule is COc1ccc(CC(Cc2ccccn2)NN)cc1Br. The van der Waals surface area contributed by atoms with E-state index in [4.69, 9.17) is 10.6 Å². The summed E-state index contributed by atoms with van der Waals surface area (Å²) in [7, 11) is 1.66. The van der Waals surface area contributed by atoms with Crippen LogP contribution < -0.4 is 16.0 Å². The van der Waals surface area contributed by atoms with E-state index in [0.29, 0.717) is 0 Å². The summed E-state index contributed by atoms with van der Waals surface area (Å²) in [5.41, 5.74) is 5.08. The molecule has 0 bridgehead atoms. The molecule has 3 N–H and O–H groups in total. The van der Waals surface area contributed by atoms with Gasteiger partial charge in [0.25, 0.3) is 0 Å². The summed E-state index contributed by atoms with van der Waals surface area (Å²) in [5.74, 6) is 6.48. The summed E-state index contributed by atoms with van der Waals surface area (Å²) in [6.07, 6.45) is 3.42. The van der Waals surface area contributed by atoms with Crippen molar-refractivity contribution in [2.45, 2.75) is 18.9 Å². The van der Waals surface area contributed by atoms with E-state index < -0.39 is 0 Å². The molecule has 0 spiro atoms. The van der Waals surface area contributed by atoms with Crippen LogP contribution in [0.1, 0.15) is 11.3 Å². The standard InChI is InChI=1S/C15H18BrN3O/c1-20-15-6-5-11(9-14(15)16)8-13(19-17)10-12-4-2-3-7-18-12/h2-7,9,13,19H,8,10,17H2,1H3. The molecule has 1 aromatic heterocycles. The normalized spacial score (nSPS) is 12.2. The van der Waals surface area contributed by atoms with Crippen LogP contribution in [0.5, 0.6) is 5.75 Å². The van der Waals surface area contributed by atoms with Crippen LogP contribution in [0.25, 0.3) is 0 Å². The predicted octanol–water partition coefficient (Wildman–Crippen LogP) is 2.47. The number of hydrogen-bond donors (Lipinski definition) is 2. The van der Waals surface area contributed by atoms with Gasteiger partial charge in [-0.15, -0.1) is 0 Å². The fourth-order valence-corrected chi connectivity index (χ4v) is 2.67. The van der Waals surface area contributed by atoms with Crippen LogP contribution in [0.2, 0.25) is 0 Å². The highest BCUT2D eigenvalue weighted by Gasteiger charge is 2.11. The summed E-state index contributed by atoms with van der Waals surface area (Å²) in [6, 6.07) is 12.1. The van der Waals surface area contributed by atoms with Crippen LogP contribution in [-0.2, 0) is 12.8 Å². The molecular formula is C15H18BrN3O. The Morgan fingerprint density at radius 3 is 2.75 bits per heavy atom. The van der Waals surface area contributed by atoms with Crippen molar-refractivity contribution in [1.29, 1.82) is 0 Å². The van der Waals surface area contributed by atoms with Gasteiger partial charge >= 0.3 is 0 Å². The molecule has 5 heteroatoms. The molecule has 0 aliphatic heterocycles. The van der Waals surface area contributed by atoms with Crippen molar-refractivity contribution in [3.8, 4) is 5.75 Å². The first-order valence-electron chi connectivity index (χ1n) is 6.41. The maximum Gasteiger partial charge on any atom is 0.133 e. The van der Waals surface area contributed by atoms with Crippen LogP contribution in [0, 0.1) is 0 Å². The van der Waals surface area contributed by atoms with Crippen LogP contribution in [0.15, 0.2) is 47.1 Å². The molecule has 4 nitrogen and oxygen atoms in total. The monoisotopic (exact) mass is 335 g/mol. The number of hydrazine groups is 1. The minimum atomic E-state index is 0.144. The molecule has 2 aromatic rings. The Morgan fingerprint density at radius 1 is 1.30 bits per heavy atom. The number of nitrogens with two attached hydrogens (primary N) is 1. The zero-order valence-corrected chi connectivity index (χ0v) is 12.9. The van der Waals surface area contributed by atoms with Gasteiger partial charge in [-0.3, -0.25) is 16.3 Å². The smallest absolute Gasteiger partial charge is 0.133 e. The molecule has 0 aliphatic carbocycles. The average Bonchev–Trinajstić information content (AvgIpc) is 2.48. The van der Waals surface area contributed by atoms with Gasteiger partial charge in [0.15, 0.2) is 0 Å². The molecule has 0 amide bonds. The Balaban J connectivity index is 2.04. The van der Waals surface area contributed by atoms with E-state index in [1.54, 1.807) is 13.3 Å². The largest absolute Gasteiger partial charge is 0.496 e. The van der Waals surface area contributed by atoms with Crippen molar-refractivity contribution in [2.75, 3.05) is 7.11 Å². The molecule has 1 atom stereocenters. The lowest BCUT2D eigenvalue weighted by atomic mass is 10.0. The Hall–Kier alpha value is -1.43. The highest BCUT2D eigenvalue weighted by molar-refractivity contribution is 9.10. The van der Waals surface area contributed by atoms with E-state index in [-0.39, 0.29) is 6.04 Å². The van der Waals surface area contributed by atoms with Crippen LogP contribution in [0.4, 0.5) is 0 Å². The van der Waals surface area contributed by atoms with Gasteiger partial charge in [0.1, 0.15) is 5.75 Å². The van der Waals surface area contributed by atoms with E-state index in [2.05, 4.69) is 32.4 Å². The summed E-state index contributed by atoms with van der Waals surface area (Å²) >= 11 is 3.50. The van der Waals surface area contributed by atoms with Crippen molar-refractivity contribution >= 4 is 15.9 Å². The molecule has 0 fully saturated rings. The van der Waals surface area contributed by atoms with Crippen molar-refractivity contribution < 1.29 is 4.74 Å². The Bertz CT molecular complexity index is 548. The lowest BCUT2D eigenvalue weighted by Crippen LogP contribution is -2.38. The van der Waals surface area contributed by atoms with Gasteiger partial charge in [0.2, 0.25) is 0 Å². The van der Waals surface area contributed by atoms with Crippen LogP contribution in [-0.4, -0.2) is 18.1 Å². The van der Waals surface area contributed by atoms with Gasteiger partial charge in [0, 0.05) is 24.4 Å². The fraction of sp³-hybridized carbons (Fsp3) is 0.267. The minimum absolute atomic E-state index is 0.144. The molecule has 1 unspecified atom stereocenters. The van der Waals surface area contributed by atoms with Gasteiger partial charge < -0.3 is 4.74 Å². The van der Waals surface area contributed by atoms with Gasteiger partial charge in [-0.05, 0) is 52.2 Å². The van der Waals surface area contributed by atoms with Gasteiger partial charge in [-0.25, -0.2) is 0 Å². The molecule has 1 aromatic carbocycles. The molecule has 1 heterocycles. The zero-order valence-electron chi connectivity index (χ0n) is 11.3. The van der Waals surface area contributed by atoms with Crippen LogP contribution in [0.3, 0.4) is 0 Å². The third-order valence-electron chi connectivity index (χ3n) is 3.12. The van der Waals surface area contributed by atoms with Crippen LogP contribution >= 0.6 is 15.9 Å². The first kappa shape index (κ1) is 15.0. The zero-order chi connectivity index (χ0) is 14.4. The third-order valence-corrected chi connectivity index (χ3v) is 3.74. The molecular weight excluding hydrogens is 318 g/mol. The number of pyridine rings is 1. The van der Waals surface area contributed by atoms with Crippen molar-refractivity contribution in [1.82, 2.24) is 10.4 Å². The van der Waals surface area contributed by atoms with Gasteiger partial charge in [-0.1, -0.05) is 12.1 Å². The third kappa shape index (κ3) is 4.03. The minimum Gasteiger partial charge on any atom is -0.496 e. The number of rotatable bonds is 6. The number of nitrogens with one attached hydrogen (secondary N) is 1. The quantitative estimate of drug-likeness (QED) is 0.628. The Morgan fingerprint density at radius 2 is 2.15 bits per heavy atom. The van der Waals surface area contributed by atoms with E-state index in [9.17, 15) is 0 Å². The summed E-state index contributed by atoms with van der Waals surface area (Å²) in [6.45, 7) is 0. The predicted molar refractivity (Wildman–Crippen MR) is 83.5 cm³/mol. The summed E-state index contributed by atoms with van der Waals surface area (Å²) in [5, 5.41) is 0. The number of aromatic nitrogens is 1. The summed E-state index contributed by atoms with van der Waals surface area (Å²) < 4.78 is 6.18. The lowest BCUT2D eigenvalue weighted by molar-refractivity contribution is 0.411. The number of nitrogens with zero attached hydrogens (tertiary/aromatic N) is 1. The number of hydrogen-bond acceptors (Lipinski definition) is 4. The molecule has 0 saturated carbocycles.